The van der Waals surface area contributed by atoms with Gasteiger partial charge < -0.3 is 30.1 Å². The molecule has 0 spiro atoms. The molecule has 1 saturated heterocycles. The number of amides is 1. The van der Waals surface area contributed by atoms with E-state index in [4.69, 9.17) is 15.2 Å². The van der Waals surface area contributed by atoms with E-state index in [1.54, 1.807) is 18.2 Å². The summed E-state index contributed by atoms with van der Waals surface area (Å²) in [6.07, 6.45) is 1.39. The van der Waals surface area contributed by atoms with Crippen LogP contribution in [0.2, 0.25) is 0 Å². The van der Waals surface area contributed by atoms with Gasteiger partial charge in [-0.3, -0.25) is 4.79 Å². The number of phenols is 1. The van der Waals surface area contributed by atoms with E-state index in [2.05, 4.69) is 29.0 Å². The molecule has 0 atom stereocenters. The molecule has 0 aliphatic carbocycles. The third-order valence-electron chi connectivity index (χ3n) is 6.16. The Hall–Kier alpha value is -3.97. The van der Waals surface area contributed by atoms with Crippen LogP contribution in [0, 0.1) is 0 Å². The second-order valence-electron chi connectivity index (χ2n) is 8.58. The molecule has 35 heavy (non-hydrogen) atoms. The predicted molar refractivity (Wildman–Crippen MR) is 138 cm³/mol. The number of rotatable bonds is 8. The summed E-state index contributed by atoms with van der Waals surface area (Å²) >= 11 is 0. The van der Waals surface area contributed by atoms with Gasteiger partial charge in [0, 0.05) is 37.9 Å². The van der Waals surface area contributed by atoms with Crippen molar-refractivity contribution in [3.63, 3.8) is 0 Å². The normalized spacial score (nSPS) is 14.6. The molecule has 0 bridgehead atoms. The van der Waals surface area contributed by atoms with Crippen LogP contribution in [0.5, 0.6) is 17.2 Å². The lowest BCUT2D eigenvalue weighted by atomic mass is 9.92. The van der Waals surface area contributed by atoms with Crippen LogP contribution >= 0.6 is 0 Å². The van der Waals surface area contributed by atoms with Crippen molar-refractivity contribution in [1.29, 1.82) is 0 Å². The van der Waals surface area contributed by atoms with Gasteiger partial charge in [0.1, 0.15) is 12.4 Å². The topological polar surface area (TPSA) is 88.3 Å². The molecule has 0 radical (unpaired) electrons. The van der Waals surface area contributed by atoms with Crippen LogP contribution in [0.15, 0.2) is 72.8 Å². The summed E-state index contributed by atoms with van der Waals surface area (Å²) in [5.41, 5.74) is 9.66. The van der Waals surface area contributed by atoms with Crippen molar-refractivity contribution in [2.75, 3.05) is 45.2 Å². The largest absolute Gasteiger partial charge is 0.504 e. The number of hydrogen-bond donors (Lipinski definition) is 2. The summed E-state index contributed by atoms with van der Waals surface area (Å²) in [5, 5.41) is 10.4. The number of phenolic OH excluding ortho intramolecular Hbond substituents is 1. The van der Waals surface area contributed by atoms with E-state index in [-0.39, 0.29) is 5.75 Å². The number of nitrogens with zero attached hydrogens (tertiary/aromatic N) is 2. The average molecular weight is 474 g/mol. The molecular weight excluding hydrogens is 442 g/mol. The fraction of sp³-hybridized carbons (Fsp3) is 0.250. The Morgan fingerprint density at radius 2 is 1.77 bits per heavy atom. The third kappa shape index (κ3) is 5.94. The van der Waals surface area contributed by atoms with Crippen molar-refractivity contribution in [3.05, 3.63) is 89.5 Å². The number of methoxy groups -OCH3 is 1. The lowest BCUT2D eigenvalue weighted by Crippen LogP contribution is -2.44. The molecule has 1 aliphatic heterocycles. The summed E-state index contributed by atoms with van der Waals surface area (Å²) < 4.78 is 11.3. The minimum atomic E-state index is -0.576. The number of carbonyl (C=O) groups is 1. The number of benzene rings is 3. The van der Waals surface area contributed by atoms with Crippen molar-refractivity contribution in [3.8, 4) is 17.2 Å². The summed E-state index contributed by atoms with van der Waals surface area (Å²) in [6, 6.07) is 20.8. The Morgan fingerprint density at radius 1 is 1.03 bits per heavy atom. The van der Waals surface area contributed by atoms with Crippen LogP contribution in [0.3, 0.4) is 0 Å². The Kier molecular flexibility index (Phi) is 7.57. The van der Waals surface area contributed by atoms with E-state index >= 15 is 0 Å². The zero-order valence-electron chi connectivity index (χ0n) is 20.1. The number of primary amides is 1. The summed E-state index contributed by atoms with van der Waals surface area (Å²) in [4.78, 5) is 16.7. The highest BCUT2D eigenvalue weighted by Gasteiger charge is 2.19. The minimum Gasteiger partial charge on any atom is -0.504 e. The Bertz CT molecular complexity index is 1200. The van der Waals surface area contributed by atoms with Crippen molar-refractivity contribution in [2.45, 2.75) is 6.61 Å². The molecule has 7 heteroatoms. The zero-order chi connectivity index (χ0) is 24.8. The van der Waals surface area contributed by atoms with Crippen LogP contribution in [0.25, 0.3) is 5.57 Å². The maximum Gasteiger partial charge on any atom is 0.242 e. The number of nitrogens with two attached hydrogens (primary N) is 1. The fourth-order valence-electron chi connectivity index (χ4n) is 4.22. The molecule has 3 aromatic rings. The second-order valence-corrected chi connectivity index (χ2v) is 8.58. The molecule has 7 nitrogen and oxygen atoms in total. The monoisotopic (exact) mass is 473 g/mol. The average Bonchev–Trinajstić information content (AvgIpc) is 2.87. The van der Waals surface area contributed by atoms with E-state index < -0.39 is 5.91 Å². The third-order valence-corrected chi connectivity index (χ3v) is 6.16. The molecule has 1 aliphatic rings. The Morgan fingerprint density at radius 3 is 2.43 bits per heavy atom. The maximum absolute atomic E-state index is 12.0. The van der Waals surface area contributed by atoms with E-state index in [1.165, 1.54) is 13.2 Å². The van der Waals surface area contributed by atoms with Crippen LogP contribution in [0.4, 0.5) is 5.69 Å². The first-order valence-electron chi connectivity index (χ1n) is 11.6. The predicted octanol–water partition coefficient (Wildman–Crippen LogP) is 3.65. The standard InChI is InChI=1S/C28H31N3O4/c1-30-12-14-31(15-13-30)22-9-10-24(21(16-22)19-35-23-6-4-3-5-7-23)25(18-28(29)33)20-8-11-27(34-2)26(32)17-20/h3-11,16-18,32H,12-15,19H2,1-2H3,(H2,29,33)/b25-18+. The maximum atomic E-state index is 12.0. The zero-order valence-corrected chi connectivity index (χ0v) is 20.1. The van der Waals surface area contributed by atoms with Crippen LogP contribution in [-0.2, 0) is 11.4 Å². The molecule has 1 heterocycles. The van der Waals surface area contributed by atoms with Crippen molar-refractivity contribution in [2.24, 2.45) is 5.73 Å². The smallest absolute Gasteiger partial charge is 0.242 e. The summed E-state index contributed by atoms with van der Waals surface area (Å²) in [5.74, 6) is 0.515. The quantitative estimate of drug-likeness (QED) is 0.486. The Balaban J connectivity index is 1.76. The molecule has 3 N–H and O–H groups in total. The summed E-state index contributed by atoms with van der Waals surface area (Å²) in [7, 11) is 3.62. The van der Waals surface area contributed by atoms with E-state index in [0.717, 1.165) is 48.7 Å². The lowest BCUT2D eigenvalue weighted by Gasteiger charge is -2.34. The number of likely N-dealkylation sites (N-methyl/N-ethyl adjacent to an activating group) is 1. The first-order valence-corrected chi connectivity index (χ1v) is 11.6. The van der Waals surface area contributed by atoms with Gasteiger partial charge in [-0.15, -0.1) is 0 Å². The van der Waals surface area contributed by atoms with Crippen LogP contribution in [-0.4, -0.2) is 56.3 Å². The number of para-hydroxylation sites is 1. The van der Waals surface area contributed by atoms with Gasteiger partial charge in [-0.1, -0.05) is 30.3 Å². The van der Waals surface area contributed by atoms with Crippen molar-refractivity contribution >= 4 is 17.2 Å². The number of hydrogen-bond acceptors (Lipinski definition) is 6. The van der Waals surface area contributed by atoms with Gasteiger partial charge in [-0.05, 0) is 65.7 Å². The van der Waals surface area contributed by atoms with Gasteiger partial charge in [0.25, 0.3) is 0 Å². The van der Waals surface area contributed by atoms with Gasteiger partial charge in [0.15, 0.2) is 11.5 Å². The van der Waals surface area contributed by atoms with Crippen LogP contribution in [0.1, 0.15) is 16.7 Å². The van der Waals surface area contributed by atoms with E-state index in [1.807, 2.05) is 36.4 Å². The Labute approximate surface area is 206 Å². The van der Waals surface area contributed by atoms with Gasteiger partial charge in [-0.2, -0.15) is 0 Å². The van der Waals surface area contributed by atoms with Crippen LogP contribution < -0.4 is 20.1 Å². The highest BCUT2D eigenvalue weighted by molar-refractivity contribution is 5.99. The molecule has 4 rings (SSSR count). The van der Waals surface area contributed by atoms with E-state index in [9.17, 15) is 9.90 Å². The number of ether oxygens (including phenoxy) is 2. The van der Waals surface area contributed by atoms with Gasteiger partial charge in [0.2, 0.25) is 5.91 Å². The van der Waals surface area contributed by atoms with E-state index in [0.29, 0.717) is 23.5 Å². The first-order chi connectivity index (χ1) is 16.9. The highest BCUT2D eigenvalue weighted by atomic mass is 16.5. The molecule has 0 aromatic heterocycles. The molecule has 0 saturated carbocycles. The molecule has 1 fully saturated rings. The summed E-state index contributed by atoms with van der Waals surface area (Å²) in [6.45, 7) is 4.17. The molecular formula is C28H31N3O4. The second kappa shape index (κ2) is 11.0. The number of piperazine rings is 1. The van der Waals surface area contributed by atoms with Gasteiger partial charge in [-0.25, -0.2) is 0 Å². The number of aromatic hydroxyl groups is 1. The lowest BCUT2D eigenvalue weighted by molar-refractivity contribution is -0.113. The SMILES string of the molecule is COc1ccc(/C(=C\C(N)=O)c2ccc(N3CCN(C)CC3)cc2COc2ccccc2)cc1O. The molecule has 0 unspecified atom stereocenters. The van der Waals surface area contributed by atoms with Crippen molar-refractivity contribution < 1.29 is 19.4 Å². The fourth-order valence-corrected chi connectivity index (χ4v) is 4.22. The van der Waals surface area contributed by atoms with Crippen molar-refractivity contribution in [1.82, 2.24) is 4.90 Å². The number of anilines is 1. The van der Waals surface area contributed by atoms with Gasteiger partial charge >= 0.3 is 0 Å². The van der Waals surface area contributed by atoms with Gasteiger partial charge in [0.05, 0.1) is 7.11 Å². The highest BCUT2D eigenvalue weighted by Crippen LogP contribution is 2.35. The molecule has 182 valence electrons. The molecule has 1 amide bonds. The number of carbonyl (C=O) groups excluding carboxylic acids is 1. The first kappa shape index (κ1) is 24.2. The molecule has 3 aromatic carbocycles. The minimum absolute atomic E-state index is 0.0171.